The van der Waals surface area contributed by atoms with Crippen LogP contribution in [0.5, 0.6) is 0 Å². The van der Waals surface area contributed by atoms with Gasteiger partial charge in [0.25, 0.3) is 0 Å². The smallest absolute Gasteiger partial charge is 0.330 e. The number of carbonyl (C=O) groups is 1. The number of nitrogens with two attached hydrogens (primary N) is 1. The van der Waals surface area contributed by atoms with Crippen LogP contribution in [0.3, 0.4) is 0 Å². The molecule has 0 aromatic heterocycles. The number of carboxylic acids is 1. The molecule has 68 valence electrons. The zero-order valence-electron chi connectivity index (χ0n) is 7.06. The van der Waals surface area contributed by atoms with E-state index in [9.17, 15) is 4.79 Å². The standard InChI is InChI=1S/C6H12N4O2/c1-3-4(2)6(7,5(11)12)9-10-8/h4H,3,7H2,1-2H3,(H,11,12). The largest absolute Gasteiger partial charge is 0.480 e. The van der Waals surface area contributed by atoms with E-state index in [-0.39, 0.29) is 5.92 Å². The molecule has 0 radical (unpaired) electrons. The first-order valence-corrected chi connectivity index (χ1v) is 3.57. The number of aliphatic carboxylic acids is 1. The lowest BCUT2D eigenvalue weighted by Crippen LogP contribution is -2.51. The van der Waals surface area contributed by atoms with Crippen molar-refractivity contribution in [3.63, 3.8) is 0 Å². The Hall–Kier alpha value is -1.26. The van der Waals surface area contributed by atoms with E-state index < -0.39 is 11.6 Å². The van der Waals surface area contributed by atoms with E-state index in [1.165, 1.54) is 0 Å². The minimum absolute atomic E-state index is 0.383. The van der Waals surface area contributed by atoms with Crippen LogP contribution in [0.25, 0.3) is 10.4 Å². The molecule has 0 amide bonds. The van der Waals surface area contributed by atoms with Gasteiger partial charge in [-0.1, -0.05) is 25.4 Å². The summed E-state index contributed by atoms with van der Waals surface area (Å²) >= 11 is 0. The van der Waals surface area contributed by atoms with Crippen LogP contribution in [-0.4, -0.2) is 16.7 Å². The van der Waals surface area contributed by atoms with Gasteiger partial charge in [0.05, 0.1) is 0 Å². The normalized spacial score (nSPS) is 17.2. The molecule has 0 bridgehead atoms. The molecule has 0 spiro atoms. The lowest BCUT2D eigenvalue weighted by Gasteiger charge is -2.24. The first kappa shape index (κ1) is 10.7. The van der Waals surface area contributed by atoms with Crippen molar-refractivity contribution in [1.29, 1.82) is 0 Å². The summed E-state index contributed by atoms with van der Waals surface area (Å²) in [5, 5.41) is 11.8. The van der Waals surface area contributed by atoms with Crippen LogP contribution in [0.2, 0.25) is 0 Å². The van der Waals surface area contributed by atoms with Crippen molar-refractivity contribution in [1.82, 2.24) is 0 Å². The maximum absolute atomic E-state index is 10.6. The lowest BCUT2D eigenvalue weighted by atomic mass is 9.93. The number of azide groups is 1. The number of rotatable bonds is 4. The average molecular weight is 172 g/mol. The highest BCUT2D eigenvalue weighted by Crippen LogP contribution is 2.19. The van der Waals surface area contributed by atoms with Gasteiger partial charge < -0.3 is 10.8 Å². The minimum atomic E-state index is -1.82. The van der Waals surface area contributed by atoms with Gasteiger partial charge in [-0.15, -0.1) is 0 Å². The first-order chi connectivity index (χ1) is 5.49. The zero-order valence-corrected chi connectivity index (χ0v) is 7.06. The summed E-state index contributed by atoms with van der Waals surface area (Å²) in [7, 11) is 0. The van der Waals surface area contributed by atoms with Gasteiger partial charge in [-0.25, -0.2) is 0 Å². The average Bonchev–Trinajstić information content (AvgIpc) is 2.03. The summed E-state index contributed by atoms with van der Waals surface area (Å²) in [4.78, 5) is 13.0. The van der Waals surface area contributed by atoms with Gasteiger partial charge in [0.2, 0.25) is 0 Å². The molecule has 0 aliphatic carbocycles. The van der Waals surface area contributed by atoms with Crippen molar-refractivity contribution in [2.75, 3.05) is 0 Å². The number of hydrogen-bond donors (Lipinski definition) is 2. The summed E-state index contributed by atoms with van der Waals surface area (Å²) < 4.78 is 0. The monoisotopic (exact) mass is 172 g/mol. The molecule has 0 aromatic rings. The van der Waals surface area contributed by atoms with E-state index in [0.717, 1.165) is 0 Å². The summed E-state index contributed by atoms with van der Waals surface area (Å²) in [6, 6.07) is 0. The van der Waals surface area contributed by atoms with Crippen LogP contribution in [0, 0.1) is 5.92 Å². The van der Waals surface area contributed by atoms with Gasteiger partial charge in [-0.3, -0.25) is 4.79 Å². The second-order valence-corrected chi connectivity index (χ2v) is 2.63. The van der Waals surface area contributed by atoms with E-state index in [0.29, 0.717) is 6.42 Å². The van der Waals surface area contributed by atoms with E-state index in [1.807, 2.05) is 0 Å². The third-order valence-corrected chi connectivity index (χ3v) is 1.92. The van der Waals surface area contributed by atoms with Crippen molar-refractivity contribution in [3.8, 4) is 0 Å². The zero-order chi connectivity index (χ0) is 9.78. The maximum atomic E-state index is 10.6. The molecule has 0 heterocycles. The maximum Gasteiger partial charge on any atom is 0.330 e. The Morgan fingerprint density at radius 3 is 2.67 bits per heavy atom. The Morgan fingerprint density at radius 1 is 1.92 bits per heavy atom. The predicted molar refractivity (Wildman–Crippen MR) is 43.2 cm³/mol. The second-order valence-electron chi connectivity index (χ2n) is 2.63. The highest BCUT2D eigenvalue weighted by molar-refractivity contribution is 5.78. The van der Waals surface area contributed by atoms with Crippen LogP contribution >= 0.6 is 0 Å². The molecule has 2 unspecified atom stereocenters. The van der Waals surface area contributed by atoms with E-state index in [1.54, 1.807) is 13.8 Å². The molecule has 2 atom stereocenters. The van der Waals surface area contributed by atoms with Crippen LogP contribution in [-0.2, 0) is 4.79 Å². The molecule has 0 aromatic carbocycles. The van der Waals surface area contributed by atoms with Crippen LogP contribution in [0.4, 0.5) is 0 Å². The van der Waals surface area contributed by atoms with Gasteiger partial charge in [0.15, 0.2) is 5.66 Å². The highest BCUT2D eigenvalue weighted by atomic mass is 16.4. The molecule has 12 heavy (non-hydrogen) atoms. The van der Waals surface area contributed by atoms with Crippen molar-refractivity contribution >= 4 is 5.97 Å². The lowest BCUT2D eigenvalue weighted by molar-refractivity contribution is -0.145. The summed E-state index contributed by atoms with van der Waals surface area (Å²) in [6.07, 6.45) is 0.543. The summed E-state index contributed by atoms with van der Waals surface area (Å²) in [5.74, 6) is -1.68. The quantitative estimate of drug-likeness (QED) is 0.375. The van der Waals surface area contributed by atoms with E-state index in [2.05, 4.69) is 10.0 Å². The Kier molecular flexibility index (Phi) is 3.53. The van der Waals surface area contributed by atoms with E-state index in [4.69, 9.17) is 16.4 Å². The molecular weight excluding hydrogens is 160 g/mol. The molecule has 0 saturated heterocycles. The first-order valence-electron chi connectivity index (χ1n) is 3.57. The Bertz CT molecular complexity index is 220. The SMILES string of the molecule is CCC(C)C(N)(N=[N+]=[N-])C(=O)O. The highest BCUT2D eigenvalue weighted by Gasteiger charge is 2.38. The van der Waals surface area contributed by atoms with Crippen molar-refractivity contribution in [2.24, 2.45) is 16.8 Å². The molecule has 3 N–H and O–H groups in total. The molecule has 0 aliphatic rings. The van der Waals surface area contributed by atoms with Crippen LogP contribution in [0.15, 0.2) is 5.11 Å². The summed E-state index contributed by atoms with van der Waals surface area (Å²) in [5.41, 5.74) is 11.7. The second kappa shape index (κ2) is 3.94. The number of carboxylic acid groups (broad SMARTS) is 1. The van der Waals surface area contributed by atoms with Gasteiger partial charge in [-0.2, -0.15) is 0 Å². The van der Waals surface area contributed by atoms with Gasteiger partial charge in [-0.05, 0) is 11.4 Å². The van der Waals surface area contributed by atoms with Gasteiger partial charge in [0.1, 0.15) is 0 Å². The van der Waals surface area contributed by atoms with Gasteiger partial charge >= 0.3 is 5.97 Å². The topological polar surface area (TPSA) is 112 Å². The molecule has 0 fully saturated rings. The fourth-order valence-electron chi connectivity index (χ4n) is 0.737. The fourth-order valence-corrected chi connectivity index (χ4v) is 0.737. The molecule has 6 heteroatoms. The predicted octanol–water partition coefficient (Wildman–Crippen LogP) is 1.08. The third kappa shape index (κ3) is 1.87. The van der Waals surface area contributed by atoms with Crippen LogP contribution in [0.1, 0.15) is 20.3 Å². The van der Waals surface area contributed by atoms with Crippen molar-refractivity contribution in [3.05, 3.63) is 10.4 Å². The van der Waals surface area contributed by atoms with E-state index >= 15 is 0 Å². The fraction of sp³-hybridized carbons (Fsp3) is 0.833. The number of hydrogen-bond acceptors (Lipinski definition) is 3. The molecule has 6 nitrogen and oxygen atoms in total. The molecule has 0 saturated carbocycles. The minimum Gasteiger partial charge on any atom is -0.480 e. The molecule has 0 rings (SSSR count). The Morgan fingerprint density at radius 2 is 2.42 bits per heavy atom. The van der Waals surface area contributed by atoms with Gasteiger partial charge in [0, 0.05) is 4.91 Å². The molecule has 0 aliphatic heterocycles. The Balaban J connectivity index is 4.85. The number of nitrogens with zero attached hydrogens (tertiary/aromatic N) is 3. The van der Waals surface area contributed by atoms with Crippen LogP contribution < -0.4 is 5.73 Å². The Labute approximate surface area is 70.0 Å². The summed E-state index contributed by atoms with van der Waals surface area (Å²) in [6.45, 7) is 3.41. The van der Waals surface area contributed by atoms with Crippen molar-refractivity contribution < 1.29 is 9.90 Å². The molecular formula is C6H12N4O2. The van der Waals surface area contributed by atoms with Crippen molar-refractivity contribution in [2.45, 2.75) is 25.9 Å². The third-order valence-electron chi connectivity index (χ3n) is 1.92.